The lowest BCUT2D eigenvalue weighted by atomic mass is 9.86. The molecule has 0 amide bonds. The molecule has 0 aliphatic carbocycles. The van der Waals surface area contributed by atoms with Gasteiger partial charge in [0.05, 0.1) is 0 Å². The van der Waals surface area contributed by atoms with Crippen molar-refractivity contribution in [3.63, 3.8) is 0 Å². The zero-order valence-electron chi connectivity index (χ0n) is 35.7. The van der Waals surface area contributed by atoms with Crippen molar-refractivity contribution in [2.75, 3.05) is 0 Å². The van der Waals surface area contributed by atoms with Crippen LogP contribution in [0.25, 0.3) is 0 Å². The van der Waals surface area contributed by atoms with E-state index >= 15 is 0 Å². The van der Waals surface area contributed by atoms with Crippen LogP contribution in [0.15, 0.2) is 0 Å². The Morgan fingerprint density at radius 2 is 0.536 bits per heavy atom. The lowest BCUT2D eigenvalue weighted by Crippen LogP contribution is -2.55. The van der Waals surface area contributed by atoms with Crippen molar-refractivity contribution >= 4 is 47.0 Å². The molecular formula is C40H66O16. The van der Waals surface area contributed by atoms with Crippen molar-refractivity contribution in [3.05, 3.63) is 0 Å². The Hall–Kier alpha value is -3.60. The molecule has 0 aliphatic rings. The number of esters is 2. The summed E-state index contributed by atoms with van der Waals surface area (Å²) in [5.74, 6) is -8.33. The van der Waals surface area contributed by atoms with Crippen LogP contribution in [0.2, 0.25) is 0 Å². The fraction of sp³-hybridized carbons (Fsp3) is 0.800. The van der Waals surface area contributed by atoms with Gasteiger partial charge in [-0.15, -0.1) is 0 Å². The quantitative estimate of drug-likeness (QED) is 0.0769. The maximum Gasteiger partial charge on any atom is 0.418 e. The van der Waals surface area contributed by atoms with Crippen LogP contribution in [0.1, 0.15) is 148 Å². The highest BCUT2D eigenvalue weighted by Crippen LogP contribution is 2.33. The minimum atomic E-state index is -1.66. The van der Waals surface area contributed by atoms with Crippen molar-refractivity contribution in [2.45, 2.75) is 207 Å². The highest BCUT2D eigenvalue weighted by atomic mass is 16.6. The maximum absolute atomic E-state index is 13.8. The van der Waals surface area contributed by atoms with Crippen LogP contribution >= 0.6 is 0 Å². The van der Waals surface area contributed by atoms with Crippen molar-refractivity contribution in [1.82, 2.24) is 0 Å². The van der Waals surface area contributed by atoms with Crippen LogP contribution in [-0.2, 0) is 66.8 Å². The first kappa shape index (κ1) is 52.4. The van der Waals surface area contributed by atoms with Crippen LogP contribution in [0.3, 0.4) is 0 Å². The van der Waals surface area contributed by atoms with Crippen LogP contribution < -0.4 is 0 Å². The number of rotatable bonds is 28. The molecule has 0 saturated heterocycles. The lowest BCUT2D eigenvalue weighted by molar-refractivity contribution is -0.191. The van der Waals surface area contributed by atoms with E-state index in [2.05, 4.69) is 0 Å². The van der Waals surface area contributed by atoms with Crippen LogP contribution in [-0.4, -0.2) is 116 Å². The molecule has 0 aromatic rings. The molecule has 0 aromatic carbocycles. The molecule has 0 aromatic heterocycles. The second kappa shape index (κ2) is 22.4. The summed E-state index contributed by atoms with van der Waals surface area (Å²) < 4.78 is 33.9. The van der Waals surface area contributed by atoms with Gasteiger partial charge in [0.2, 0.25) is 11.6 Å². The summed E-state index contributed by atoms with van der Waals surface area (Å²) in [6, 6.07) is 0. The van der Waals surface area contributed by atoms with Gasteiger partial charge >= 0.3 is 23.9 Å². The fourth-order valence-electron chi connectivity index (χ4n) is 6.86. The Balaban J connectivity index is 6.07. The molecule has 0 radical (unpaired) electrons. The van der Waals surface area contributed by atoms with Gasteiger partial charge in [-0.1, -0.05) is 55.4 Å². The van der Waals surface area contributed by atoms with E-state index in [1.165, 1.54) is 41.5 Å². The summed E-state index contributed by atoms with van der Waals surface area (Å²) in [6.07, 6.45) is -7.57. The number of carboxylic acid groups (broad SMARTS) is 2. The molecule has 0 fully saturated rings. The molecule has 0 spiro atoms. The number of aliphatic carboxylic acids is 2. The minimum Gasteiger partial charge on any atom is -0.479 e. The van der Waals surface area contributed by atoms with Crippen molar-refractivity contribution < 1.29 is 77.0 Å². The Labute approximate surface area is 331 Å². The number of hydrogen-bond acceptors (Lipinski definition) is 14. The molecule has 0 heterocycles. The first-order chi connectivity index (χ1) is 25.9. The second-order valence-electron chi connectivity index (χ2n) is 14.1. The average molecular weight is 803 g/mol. The van der Waals surface area contributed by atoms with Gasteiger partial charge in [0, 0.05) is 0 Å². The Kier molecular flexibility index (Phi) is 20.9. The Morgan fingerprint density at radius 1 is 0.357 bits per heavy atom. The highest BCUT2D eigenvalue weighted by Gasteiger charge is 2.49. The number of ether oxygens (including phenoxy) is 6. The number of Topliss-reactive ketones (excluding diaryl/α,β-unsaturated/α-hetero) is 4. The third-order valence-electron chi connectivity index (χ3n) is 10.9. The zero-order chi connectivity index (χ0) is 44.0. The summed E-state index contributed by atoms with van der Waals surface area (Å²) >= 11 is 0. The van der Waals surface area contributed by atoms with Gasteiger partial charge in [-0.2, -0.15) is 0 Å². The van der Waals surface area contributed by atoms with Crippen molar-refractivity contribution in [3.8, 4) is 0 Å². The van der Waals surface area contributed by atoms with E-state index in [0.29, 0.717) is 0 Å². The monoisotopic (exact) mass is 802 g/mol. The number of carbonyl (C=O) groups is 8. The normalized spacial score (nSPS) is 15.8. The van der Waals surface area contributed by atoms with Gasteiger partial charge in [-0.25, -0.2) is 19.2 Å². The standard InChI is InChI=1S/C40H66O16/c1-15-37(16-2,53-25(11)31(43)39(19-5,20-6)55-27(13)33(45)46)29(41)23(9)51-35(49)36(50)52-24(10)30(42)38(17-3,18-4)54-26(12)32(44)40(21-7,22-8)56-28(14)34(47)48/h23-28H,15-22H2,1-14H3,(H,45,46)(H,47,48). The Bertz CT molecular complexity index is 1280. The summed E-state index contributed by atoms with van der Waals surface area (Å²) in [6.45, 7) is 21.1. The number of hydrogen-bond donors (Lipinski definition) is 2. The summed E-state index contributed by atoms with van der Waals surface area (Å²) in [4.78, 5) is 104. The molecule has 56 heavy (non-hydrogen) atoms. The van der Waals surface area contributed by atoms with E-state index in [4.69, 9.17) is 28.4 Å². The van der Waals surface area contributed by atoms with Crippen molar-refractivity contribution in [1.29, 1.82) is 0 Å². The van der Waals surface area contributed by atoms with Crippen LogP contribution in [0, 0.1) is 0 Å². The summed E-state index contributed by atoms with van der Waals surface area (Å²) in [5.41, 5.74) is -6.35. The SMILES string of the molecule is CCC(CC)(OC(C)C(=O)O)C(=O)C(C)OC(CC)(CC)C(=O)C(C)OC(=O)C(=O)OC(C)C(=O)C(CC)(CC)OC(C)C(=O)C(CC)(CC)OC(C)C(=O)O. The predicted octanol–water partition coefficient (Wildman–Crippen LogP) is 5.15. The minimum absolute atomic E-state index is 0.0366. The van der Waals surface area contributed by atoms with Gasteiger partial charge in [-0.05, 0) is 92.9 Å². The van der Waals surface area contributed by atoms with Gasteiger partial charge in [-0.3, -0.25) is 19.2 Å². The van der Waals surface area contributed by atoms with Gasteiger partial charge in [0.25, 0.3) is 0 Å². The molecule has 6 atom stereocenters. The van der Waals surface area contributed by atoms with E-state index in [1.54, 1.807) is 55.4 Å². The number of ketones is 4. The van der Waals surface area contributed by atoms with Gasteiger partial charge in [0.1, 0.15) is 34.6 Å². The molecule has 2 N–H and O–H groups in total. The largest absolute Gasteiger partial charge is 0.479 e. The van der Waals surface area contributed by atoms with E-state index in [1.807, 2.05) is 0 Å². The molecule has 0 aliphatic heterocycles. The molecule has 16 heteroatoms. The molecule has 6 unspecified atom stereocenters. The lowest BCUT2D eigenvalue weighted by Gasteiger charge is -2.39. The van der Waals surface area contributed by atoms with Crippen molar-refractivity contribution in [2.24, 2.45) is 0 Å². The summed E-state index contributed by atoms with van der Waals surface area (Å²) in [7, 11) is 0. The van der Waals surface area contributed by atoms with Crippen LogP contribution in [0.4, 0.5) is 0 Å². The predicted molar refractivity (Wildman–Crippen MR) is 202 cm³/mol. The first-order valence-corrected chi connectivity index (χ1v) is 19.7. The fourth-order valence-corrected chi connectivity index (χ4v) is 6.86. The molecule has 0 rings (SSSR count). The van der Waals surface area contributed by atoms with Gasteiger partial charge < -0.3 is 38.6 Å². The first-order valence-electron chi connectivity index (χ1n) is 19.7. The Morgan fingerprint density at radius 3 is 0.714 bits per heavy atom. The molecule has 0 saturated carbocycles. The highest BCUT2D eigenvalue weighted by molar-refractivity contribution is 6.30. The molecule has 16 nitrogen and oxygen atoms in total. The average Bonchev–Trinajstić information content (AvgIpc) is 3.18. The smallest absolute Gasteiger partial charge is 0.418 e. The summed E-state index contributed by atoms with van der Waals surface area (Å²) in [5, 5.41) is 18.8. The number of carboxylic acids is 2. The zero-order valence-corrected chi connectivity index (χ0v) is 35.7. The third-order valence-corrected chi connectivity index (χ3v) is 10.9. The van der Waals surface area contributed by atoms with E-state index < -0.39 is 106 Å². The molecule has 322 valence electrons. The molecular weight excluding hydrogens is 736 g/mol. The maximum atomic E-state index is 13.8. The second-order valence-corrected chi connectivity index (χ2v) is 14.1. The van der Waals surface area contributed by atoms with Crippen LogP contribution in [0.5, 0.6) is 0 Å². The van der Waals surface area contributed by atoms with Gasteiger partial charge in [0.15, 0.2) is 36.0 Å². The van der Waals surface area contributed by atoms with E-state index in [0.717, 1.165) is 0 Å². The third kappa shape index (κ3) is 12.2. The number of carbonyl (C=O) groups excluding carboxylic acids is 6. The van der Waals surface area contributed by atoms with E-state index in [-0.39, 0.29) is 51.4 Å². The van der Waals surface area contributed by atoms with E-state index in [9.17, 15) is 48.6 Å². The molecule has 0 bridgehead atoms. The topological polar surface area (TPSA) is 232 Å².